The van der Waals surface area contributed by atoms with Gasteiger partial charge in [-0.2, -0.15) is 0 Å². The van der Waals surface area contributed by atoms with Gasteiger partial charge in [-0.25, -0.2) is 0 Å². The Hall–Kier alpha value is -1.60. The molecule has 7 heteroatoms. The number of nitrogens with one attached hydrogen (secondary N) is 1. The fourth-order valence-electron chi connectivity index (χ4n) is 1.45. The highest BCUT2D eigenvalue weighted by Crippen LogP contribution is 2.26. The molecule has 5 nitrogen and oxygen atoms in total. The number of nitrogens with two attached hydrogens (primary N) is 1. The first-order chi connectivity index (χ1) is 8.56. The van der Waals surface area contributed by atoms with Gasteiger partial charge < -0.3 is 11.1 Å². The minimum Gasteiger partial charge on any atom is -0.397 e. The van der Waals surface area contributed by atoms with Gasteiger partial charge in [0.25, 0.3) is 5.69 Å². The van der Waals surface area contributed by atoms with Crippen LogP contribution in [0.1, 0.15) is 4.88 Å². The van der Waals surface area contributed by atoms with Gasteiger partial charge in [0.1, 0.15) is 0 Å². The average molecular weight is 328 g/mol. The van der Waals surface area contributed by atoms with E-state index in [1.165, 1.54) is 12.1 Å². The second-order valence-corrected chi connectivity index (χ2v) is 5.52. The molecule has 94 valence electrons. The zero-order chi connectivity index (χ0) is 13.1. The Morgan fingerprint density at radius 1 is 1.44 bits per heavy atom. The maximum Gasteiger partial charge on any atom is 0.271 e. The Morgan fingerprint density at radius 2 is 2.22 bits per heavy atom. The fourth-order valence-corrected chi connectivity index (χ4v) is 2.84. The summed E-state index contributed by atoms with van der Waals surface area (Å²) in [6.45, 7) is 0.637. The minimum absolute atomic E-state index is 0.00285. The van der Waals surface area contributed by atoms with Crippen molar-refractivity contribution in [2.45, 2.75) is 6.54 Å². The van der Waals surface area contributed by atoms with E-state index in [2.05, 4.69) is 21.2 Å². The Bertz CT molecular complexity index is 585. The number of nitro groups is 1. The molecule has 0 aliphatic heterocycles. The summed E-state index contributed by atoms with van der Waals surface area (Å²) in [4.78, 5) is 11.3. The zero-order valence-electron chi connectivity index (χ0n) is 9.22. The van der Waals surface area contributed by atoms with Gasteiger partial charge >= 0.3 is 0 Å². The van der Waals surface area contributed by atoms with E-state index in [1.54, 1.807) is 17.4 Å². The monoisotopic (exact) mass is 327 g/mol. The summed E-state index contributed by atoms with van der Waals surface area (Å²) in [6.07, 6.45) is 0. The van der Waals surface area contributed by atoms with Gasteiger partial charge in [0.05, 0.1) is 16.3 Å². The van der Waals surface area contributed by atoms with Gasteiger partial charge in [-0.15, -0.1) is 11.3 Å². The zero-order valence-corrected chi connectivity index (χ0v) is 11.6. The molecular weight excluding hydrogens is 318 g/mol. The summed E-state index contributed by atoms with van der Waals surface area (Å²) < 4.78 is 1.04. The molecule has 3 N–H and O–H groups in total. The lowest BCUT2D eigenvalue weighted by Gasteiger charge is -2.07. The summed E-state index contributed by atoms with van der Waals surface area (Å²) in [5.74, 6) is 0. The van der Waals surface area contributed by atoms with Crippen LogP contribution >= 0.6 is 27.3 Å². The van der Waals surface area contributed by atoms with Crippen LogP contribution < -0.4 is 11.1 Å². The van der Waals surface area contributed by atoms with Crippen LogP contribution in [0.15, 0.2) is 34.1 Å². The summed E-state index contributed by atoms with van der Waals surface area (Å²) in [5.41, 5.74) is 6.83. The highest BCUT2D eigenvalue weighted by Gasteiger charge is 2.08. The van der Waals surface area contributed by atoms with Crippen LogP contribution in [0.4, 0.5) is 17.1 Å². The quantitative estimate of drug-likeness (QED) is 0.510. The van der Waals surface area contributed by atoms with Crippen molar-refractivity contribution in [1.82, 2.24) is 0 Å². The summed E-state index contributed by atoms with van der Waals surface area (Å²) in [5, 5.41) is 15.7. The summed E-state index contributed by atoms with van der Waals surface area (Å²) in [6, 6.07) is 6.42. The van der Waals surface area contributed by atoms with Crippen molar-refractivity contribution in [3.8, 4) is 0 Å². The molecule has 2 rings (SSSR count). The van der Waals surface area contributed by atoms with Crippen LogP contribution in [-0.2, 0) is 6.54 Å². The minimum atomic E-state index is -0.462. The molecule has 18 heavy (non-hydrogen) atoms. The lowest BCUT2D eigenvalue weighted by atomic mass is 10.2. The number of nitro benzene ring substituents is 1. The van der Waals surface area contributed by atoms with Crippen LogP contribution in [0.25, 0.3) is 0 Å². The molecule has 0 radical (unpaired) electrons. The Kier molecular flexibility index (Phi) is 3.83. The van der Waals surface area contributed by atoms with Crippen molar-refractivity contribution in [3.63, 3.8) is 0 Å². The van der Waals surface area contributed by atoms with E-state index in [4.69, 9.17) is 5.73 Å². The Labute approximate surface area is 116 Å². The number of hydrogen-bond donors (Lipinski definition) is 2. The van der Waals surface area contributed by atoms with Crippen LogP contribution in [0, 0.1) is 10.1 Å². The van der Waals surface area contributed by atoms with E-state index in [-0.39, 0.29) is 5.69 Å². The third-order valence-electron chi connectivity index (χ3n) is 2.32. The first-order valence-electron chi connectivity index (χ1n) is 5.07. The van der Waals surface area contributed by atoms with Gasteiger partial charge in [-0.05, 0) is 28.1 Å². The van der Waals surface area contributed by atoms with Crippen molar-refractivity contribution >= 4 is 44.3 Å². The van der Waals surface area contributed by atoms with E-state index >= 15 is 0 Å². The molecule has 1 aromatic heterocycles. The number of rotatable bonds is 4. The summed E-state index contributed by atoms with van der Waals surface area (Å²) in [7, 11) is 0. The first-order valence-corrected chi connectivity index (χ1v) is 6.74. The van der Waals surface area contributed by atoms with Crippen LogP contribution in [0.2, 0.25) is 0 Å². The predicted octanol–water partition coefficient (Wildman–Crippen LogP) is 3.61. The van der Waals surface area contributed by atoms with E-state index in [1.807, 2.05) is 11.4 Å². The largest absolute Gasteiger partial charge is 0.397 e. The molecule has 0 fully saturated rings. The van der Waals surface area contributed by atoms with Gasteiger partial charge in [-0.3, -0.25) is 10.1 Å². The second-order valence-electron chi connectivity index (χ2n) is 3.61. The van der Waals surface area contributed by atoms with Crippen molar-refractivity contribution in [3.05, 3.63) is 49.1 Å². The Morgan fingerprint density at radius 3 is 2.78 bits per heavy atom. The third kappa shape index (κ3) is 2.99. The van der Waals surface area contributed by atoms with E-state index in [9.17, 15) is 10.1 Å². The smallest absolute Gasteiger partial charge is 0.271 e. The topological polar surface area (TPSA) is 81.2 Å². The van der Waals surface area contributed by atoms with Crippen molar-refractivity contribution < 1.29 is 4.92 Å². The molecule has 0 bridgehead atoms. The maximum absolute atomic E-state index is 10.6. The highest BCUT2D eigenvalue weighted by atomic mass is 79.9. The van der Waals surface area contributed by atoms with Crippen molar-refractivity contribution in [2.24, 2.45) is 0 Å². The van der Waals surface area contributed by atoms with Crippen molar-refractivity contribution in [2.75, 3.05) is 11.1 Å². The van der Waals surface area contributed by atoms with Gasteiger partial charge in [0, 0.05) is 33.4 Å². The number of non-ortho nitro benzene ring substituents is 1. The molecule has 0 saturated heterocycles. The number of benzene rings is 1. The van der Waals surface area contributed by atoms with Crippen LogP contribution in [-0.4, -0.2) is 4.92 Å². The molecule has 0 amide bonds. The number of nitrogen functional groups attached to an aromatic ring is 1. The number of hydrogen-bond acceptors (Lipinski definition) is 5. The molecule has 0 saturated carbocycles. The highest BCUT2D eigenvalue weighted by molar-refractivity contribution is 9.10. The number of thiophene rings is 1. The van der Waals surface area contributed by atoms with Crippen LogP contribution in [0.5, 0.6) is 0 Å². The second kappa shape index (κ2) is 5.36. The van der Waals surface area contributed by atoms with Gasteiger partial charge in [-0.1, -0.05) is 0 Å². The molecule has 1 aromatic carbocycles. The predicted molar refractivity (Wildman–Crippen MR) is 76.9 cm³/mol. The molecule has 1 heterocycles. The summed E-state index contributed by atoms with van der Waals surface area (Å²) >= 11 is 5.01. The molecule has 0 atom stereocenters. The molecule has 0 unspecified atom stereocenters. The van der Waals surface area contributed by atoms with Crippen molar-refractivity contribution in [1.29, 1.82) is 0 Å². The molecule has 0 aliphatic rings. The molecule has 0 aliphatic carbocycles. The van der Waals surface area contributed by atoms with E-state index < -0.39 is 4.92 Å². The number of anilines is 2. The lowest BCUT2D eigenvalue weighted by molar-refractivity contribution is -0.384. The van der Waals surface area contributed by atoms with Gasteiger partial charge in [0.2, 0.25) is 0 Å². The van der Waals surface area contributed by atoms with E-state index in [0.29, 0.717) is 17.9 Å². The average Bonchev–Trinajstić information content (AvgIpc) is 2.73. The number of halogens is 1. The third-order valence-corrected chi connectivity index (χ3v) is 4.02. The standard InChI is InChI=1S/C11H10BrN3O2S/c12-7-3-9(18-6-7)5-14-11-2-1-8(15(16)17)4-10(11)13/h1-4,6,14H,5,13H2. The molecule has 0 spiro atoms. The Balaban J connectivity index is 2.08. The fraction of sp³-hybridized carbons (Fsp3) is 0.0909. The molecular formula is C11H10BrN3O2S. The normalized spacial score (nSPS) is 10.3. The molecule has 2 aromatic rings. The first kappa shape index (κ1) is 12.8. The maximum atomic E-state index is 10.6. The lowest BCUT2D eigenvalue weighted by Crippen LogP contribution is -2.01. The van der Waals surface area contributed by atoms with Crippen LogP contribution in [0.3, 0.4) is 0 Å². The SMILES string of the molecule is Nc1cc([N+](=O)[O-])ccc1NCc1cc(Br)cs1. The number of nitrogens with zero attached hydrogens (tertiary/aromatic N) is 1. The van der Waals surface area contributed by atoms with Gasteiger partial charge in [0.15, 0.2) is 0 Å². The van der Waals surface area contributed by atoms with E-state index in [0.717, 1.165) is 9.35 Å².